The Kier molecular flexibility index (Phi) is 5.27. The van der Waals surface area contributed by atoms with E-state index in [-0.39, 0.29) is 18.2 Å². The van der Waals surface area contributed by atoms with Crippen LogP contribution in [-0.2, 0) is 15.9 Å². The van der Waals surface area contributed by atoms with Gasteiger partial charge in [-0.2, -0.15) is 0 Å². The molecule has 1 fully saturated rings. The second kappa shape index (κ2) is 6.76. The van der Waals surface area contributed by atoms with Crippen molar-refractivity contribution in [2.24, 2.45) is 5.73 Å². The van der Waals surface area contributed by atoms with Crippen LogP contribution in [0.5, 0.6) is 0 Å². The first-order valence-corrected chi connectivity index (χ1v) is 7.27. The van der Waals surface area contributed by atoms with Crippen molar-refractivity contribution in [1.82, 2.24) is 0 Å². The summed E-state index contributed by atoms with van der Waals surface area (Å²) >= 11 is 6.41. The van der Waals surface area contributed by atoms with Crippen molar-refractivity contribution in [3.05, 3.63) is 28.8 Å². The first-order valence-electron chi connectivity index (χ1n) is 6.89. The number of methoxy groups -OCH3 is 2. The maximum atomic E-state index is 6.41. The highest BCUT2D eigenvalue weighted by atomic mass is 35.5. The largest absolute Gasteiger partial charge is 0.377 e. The van der Waals surface area contributed by atoms with E-state index in [1.807, 2.05) is 13.0 Å². The van der Waals surface area contributed by atoms with E-state index in [4.69, 9.17) is 26.8 Å². The third-order valence-electron chi connectivity index (χ3n) is 3.73. The summed E-state index contributed by atoms with van der Waals surface area (Å²) < 4.78 is 10.9. The SMILES string of the molecule is COC1CN(c2ccc(CC(C)N)cc2Cl)CC1OC. The minimum Gasteiger partial charge on any atom is -0.377 e. The molecule has 5 heteroatoms. The molecule has 0 amide bonds. The third-order valence-corrected chi connectivity index (χ3v) is 4.03. The van der Waals surface area contributed by atoms with E-state index in [0.717, 1.165) is 30.2 Å². The molecule has 3 atom stereocenters. The van der Waals surface area contributed by atoms with Gasteiger partial charge in [-0.3, -0.25) is 0 Å². The molecule has 1 aromatic rings. The monoisotopic (exact) mass is 298 g/mol. The molecule has 1 aliphatic heterocycles. The quantitative estimate of drug-likeness (QED) is 0.904. The lowest BCUT2D eigenvalue weighted by Gasteiger charge is -2.20. The topological polar surface area (TPSA) is 47.7 Å². The Morgan fingerprint density at radius 1 is 1.30 bits per heavy atom. The summed E-state index contributed by atoms with van der Waals surface area (Å²) in [5.41, 5.74) is 8.02. The first-order chi connectivity index (χ1) is 9.55. The van der Waals surface area contributed by atoms with Crippen molar-refractivity contribution in [2.75, 3.05) is 32.2 Å². The van der Waals surface area contributed by atoms with Gasteiger partial charge in [0, 0.05) is 33.4 Å². The fourth-order valence-corrected chi connectivity index (χ4v) is 3.02. The van der Waals surface area contributed by atoms with Gasteiger partial charge in [-0.1, -0.05) is 17.7 Å². The number of hydrogen-bond acceptors (Lipinski definition) is 4. The third kappa shape index (κ3) is 3.44. The highest BCUT2D eigenvalue weighted by Crippen LogP contribution is 2.31. The van der Waals surface area contributed by atoms with E-state index < -0.39 is 0 Å². The summed E-state index contributed by atoms with van der Waals surface area (Å²) in [4.78, 5) is 2.21. The smallest absolute Gasteiger partial charge is 0.102 e. The number of rotatable bonds is 5. The van der Waals surface area contributed by atoms with Crippen molar-refractivity contribution in [3.63, 3.8) is 0 Å². The van der Waals surface area contributed by atoms with E-state index in [9.17, 15) is 0 Å². The average molecular weight is 299 g/mol. The van der Waals surface area contributed by atoms with Gasteiger partial charge in [0.2, 0.25) is 0 Å². The Labute approximate surface area is 125 Å². The van der Waals surface area contributed by atoms with Crippen LogP contribution >= 0.6 is 11.6 Å². The lowest BCUT2D eigenvalue weighted by Crippen LogP contribution is -2.27. The first kappa shape index (κ1) is 15.6. The number of nitrogens with zero attached hydrogens (tertiary/aromatic N) is 1. The van der Waals surface area contributed by atoms with Gasteiger partial charge in [0.15, 0.2) is 0 Å². The molecule has 1 aliphatic rings. The van der Waals surface area contributed by atoms with Crippen LogP contribution in [-0.4, -0.2) is 45.6 Å². The number of benzene rings is 1. The molecular formula is C15H23ClN2O2. The minimum absolute atomic E-state index is 0.0832. The number of anilines is 1. The zero-order chi connectivity index (χ0) is 14.7. The molecule has 0 aliphatic carbocycles. The van der Waals surface area contributed by atoms with Crippen LogP contribution in [0.1, 0.15) is 12.5 Å². The van der Waals surface area contributed by atoms with Gasteiger partial charge in [-0.05, 0) is 31.0 Å². The van der Waals surface area contributed by atoms with E-state index in [0.29, 0.717) is 0 Å². The van der Waals surface area contributed by atoms with E-state index >= 15 is 0 Å². The summed E-state index contributed by atoms with van der Waals surface area (Å²) in [5.74, 6) is 0. The molecule has 3 unspecified atom stereocenters. The molecule has 20 heavy (non-hydrogen) atoms. The number of ether oxygens (including phenoxy) is 2. The van der Waals surface area contributed by atoms with Crippen LogP contribution in [0.3, 0.4) is 0 Å². The highest BCUT2D eigenvalue weighted by molar-refractivity contribution is 6.33. The second-order valence-corrected chi connectivity index (χ2v) is 5.83. The second-order valence-electron chi connectivity index (χ2n) is 5.42. The van der Waals surface area contributed by atoms with Crippen LogP contribution in [0.15, 0.2) is 18.2 Å². The van der Waals surface area contributed by atoms with Crippen molar-refractivity contribution in [2.45, 2.75) is 31.6 Å². The number of nitrogens with two attached hydrogens (primary N) is 1. The Morgan fingerprint density at radius 3 is 2.35 bits per heavy atom. The van der Waals surface area contributed by atoms with E-state index in [2.05, 4.69) is 17.0 Å². The molecule has 0 spiro atoms. The van der Waals surface area contributed by atoms with Crippen LogP contribution in [0.4, 0.5) is 5.69 Å². The molecule has 4 nitrogen and oxygen atoms in total. The maximum absolute atomic E-state index is 6.41. The van der Waals surface area contributed by atoms with Crippen molar-refractivity contribution in [1.29, 1.82) is 0 Å². The molecule has 2 rings (SSSR count). The summed E-state index contributed by atoms with van der Waals surface area (Å²) in [6.45, 7) is 3.58. The Balaban J connectivity index is 2.13. The normalized spacial score (nSPS) is 24.1. The van der Waals surface area contributed by atoms with Gasteiger partial charge in [-0.25, -0.2) is 0 Å². The van der Waals surface area contributed by atoms with Gasteiger partial charge in [0.1, 0.15) is 12.2 Å². The molecule has 0 saturated carbocycles. The van der Waals surface area contributed by atoms with Gasteiger partial charge in [0.25, 0.3) is 0 Å². The maximum Gasteiger partial charge on any atom is 0.102 e. The Hall–Kier alpha value is -0.810. The Bertz CT molecular complexity index is 441. The van der Waals surface area contributed by atoms with Crippen LogP contribution in [0.25, 0.3) is 0 Å². The zero-order valence-corrected chi connectivity index (χ0v) is 13.1. The fourth-order valence-electron chi connectivity index (χ4n) is 2.70. The van der Waals surface area contributed by atoms with E-state index in [1.165, 1.54) is 5.56 Å². The molecule has 1 saturated heterocycles. The zero-order valence-electron chi connectivity index (χ0n) is 12.3. The predicted octanol–water partition coefficient (Wildman–Crippen LogP) is 2.08. The lowest BCUT2D eigenvalue weighted by molar-refractivity contribution is -0.00461. The molecule has 0 radical (unpaired) electrons. The van der Waals surface area contributed by atoms with Crippen molar-refractivity contribution < 1.29 is 9.47 Å². The van der Waals surface area contributed by atoms with Crippen LogP contribution in [0.2, 0.25) is 5.02 Å². The molecule has 0 aromatic heterocycles. The number of hydrogen-bond donors (Lipinski definition) is 1. The van der Waals surface area contributed by atoms with Crippen molar-refractivity contribution in [3.8, 4) is 0 Å². The average Bonchev–Trinajstić information content (AvgIpc) is 2.81. The predicted molar refractivity (Wildman–Crippen MR) is 82.6 cm³/mol. The molecule has 112 valence electrons. The van der Waals surface area contributed by atoms with Gasteiger partial charge >= 0.3 is 0 Å². The summed E-state index contributed by atoms with van der Waals surface area (Å²) in [6.07, 6.45) is 1.00. The molecule has 0 bridgehead atoms. The summed E-state index contributed by atoms with van der Waals surface area (Å²) in [6, 6.07) is 6.29. The highest BCUT2D eigenvalue weighted by Gasteiger charge is 2.33. The van der Waals surface area contributed by atoms with Crippen LogP contribution in [0, 0.1) is 0 Å². The minimum atomic E-state index is 0.0832. The van der Waals surface area contributed by atoms with Crippen LogP contribution < -0.4 is 10.6 Å². The molecule has 1 aromatic carbocycles. The van der Waals surface area contributed by atoms with Crippen molar-refractivity contribution >= 4 is 17.3 Å². The fraction of sp³-hybridized carbons (Fsp3) is 0.600. The lowest BCUT2D eigenvalue weighted by atomic mass is 10.1. The van der Waals surface area contributed by atoms with E-state index in [1.54, 1.807) is 14.2 Å². The molecule has 2 N–H and O–H groups in total. The summed E-state index contributed by atoms with van der Waals surface area (Å²) in [7, 11) is 3.43. The molecular weight excluding hydrogens is 276 g/mol. The Morgan fingerprint density at radius 2 is 1.90 bits per heavy atom. The summed E-state index contributed by atoms with van der Waals surface area (Å²) in [5, 5.41) is 0.759. The number of halogens is 1. The van der Waals surface area contributed by atoms with Gasteiger partial charge in [0.05, 0.1) is 10.7 Å². The molecule has 1 heterocycles. The van der Waals surface area contributed by atoms with Gasteiger partial charge in [-0.15, -0.1) is 0 Å². The standard InChI is InChI=1S/C15H23ClN2O2/c1-10(17)6-11-4-5-13(12(16)7-11)18-8-14(19-2)15(9-18)20-3/h4-5,7,10,14-15H,6,8-9,17H2,1-3H3. The van der Waals surface area contributed by atoms with Gasteiger partial charge < -0.3 is 20.1 Å².